The lowest BCUT2D eigenvalue weighted by Crippen LogP contribution is -2.21. The van der Waals surface area contributed by atoms with E-state index in [1.807, 2.05) is 13.0 Å². The molecule has 0 saturated carbocycles. The van der Waals surface area contributed by atoms with Crippen molar-refractivity contribution in [1.29, 1.82) is 0 Å². The zero-order chi connectivity index (χ0) is 18.3. The van der Waals surface area contributed by atoms with Crippen LogP contribution < -0.4 is 14.4 Å². The lowest BCUT2D eigenvalue weighted by atomic mass is 9.98. The van der Waals surface area contributed by atoms with E-state index in [1.54, 1.807) is 25.6 Å². The van der Waals surface area contributed by atoms with Gasteiger partial charge in [0.25, 0.3) is 0 Å². The van der Waals surface area contributed by atoms with E-state index >= 15 is 0 Å². The number of hydrogen-bond acceptors (Lipinski definition) is 6. The highest BCUT2D eigenvalue weighted by Gasteiger charge is 2.28. The Labute approximate surface area is 157 Å². The quantitative estimate of drug-likeness (QED) is 0.685. The SMILES string of the molecule is COc1cc(OC)cc(C2CCN(c3nc(C)nc4scc(C)c34)C2)c1. The summed E-state index contributed by atoms with van der Waals surface area (Å²) in [6.07, 6.45) is 1.09. The maximum Gasteiger partial charge on any atom is 0.141 e. The molecule has 1 aliphatic heterocycles. The predicted octanol–water partition coefficient (Wildman–Crippen LogP) is 4.32. The molecule has 0 aliphatic carbocycles. The topological polar surface area (TPSA) is 47.5 Å². The van der Waals surface area contributed by atoms with E-state index in [9.17, 15) is 0 Å². The van der Waals surface area contributed by atoms with Crippen LogP contribution in [-0.4, -0.2) is 37.3 Å². The summed E-state index contributed by atoms with van der Waals surface area (Å²) in [5.74, 6) is 4.02. The summed E-state index contributed by atoms with van der Waals surface area (Å²) in [4.78, 5) is 12.9. The van der Waals surface area contributed by atoms with E-state index in [4.69, 9.17) is 14.5 Å². The fraction of sp³-hybridized carbons (Fsp3) is 0.400. The molecule has 1 aromatic carbocycles. The lowest BCUT2D eigenvalue weighted by Gasteiger charge is -2.20. The second kappa shape index (κ2) is 6.76. The normalized spacial score (nSPS) is 17.1. The summed E-state index contributed by atoms with van der Waals surface area (Å²) in [6.45, 7) is 6.04. The molecule has 0 radical (unpaired) electrons. The van der Waals surface area contributed by atoms with Crippen molar-refractivity contribution in [2.45, 2.75) is 26.2 Å². The highest BCUT2D eigenvalue weighted by molar-refractivity contribution is 7.17. The second-order valence-corrected chi connectivity index (χ2v) is 7.63. The number of methoxy groups -OCH3 is 2. The summed E-state index contributed by atoms with van der Waals surface area (Å²) in [5, 5.41) is 3.37. The number of ether oxygens (including phenoxy) is 2. The van der Waals surface area contributed by atoms with Gasteiger partial charge in [0.1, 0.15) is 28.0 Å². The zero-order valence-electron chi connectivity index (χ0n) is 15.6. The van der Waals surface area contributed by atoms with Crippen LogP contribution in [0.15, 0.2) is 23.6 Å². The third kappa shape index (κ3) is 2.98. The molecule has 1 aliphatic rings. The lowest BCUT2D eigenvalue weighted by molar-refractivity contribution is 0.393. The van der Waals surface area contributed by atoms with Gasteiger partial charge in [0, 0.05) is 25.1 Å². The van der Waals surface area contributed by atoms with Crippen molar-refractivity contribution in [3.05, 3.63) is 40.5 Å². The van der Waals surface area contributed by atoms with Crippen LogP contribution in [0.1, 0.15) is 29.3 Å². The van der Waals surface area contributed by atoms with Gasteiger partial charge in [0.15, 0.2) is 0 Å². The van der Waals surface area contributed by atoms with E-state index in [1.165, 1.54) is 16.5 Å². The average molecular weight is 369 g/mol. The van der Waals surface area contributed by atoms with Crippen LogP contribution in [0.25, 0.3) is 10.2 Å². The summed E-state index contributed by atoms with van der Waals surface area (Å²) in [6, 6.07) is 6.16. The van der Waals surface area contributed by atoms with Gasteiger partial charge in [-0.1, -0.05) is 0 Å². The number of fused-ring (bicyclic) bond motifs is 1. The zero-order valence-corrected chi connectivity index (χ0v) is 16.4. The average Bonchev–Trinajstić information content (AvgIpc) is 3.28. The standard InChI is InChI=1S/C20H23N3O2S/c1-12-11-26-20-18(12)19(21-13(2)22-20)23-6-5-14(10-23)15-7-16(24-3)9-17(8-15)25-4/h7-9,11,14H,5-6,10H2,1-4H3. The number of hydrogen-bond donors (Lipinski definition) is 0. The molecule has 1 unspecified atom stereocenters. The number of nitrogens with zero attached hydrogens (tertiary/aromatic N) is 3. The molecule has 5 nitrogen and oxygen atoms in total. The number of benzene rings is 1. The Kier molecular flexibility index (Phi) is 4.44. The van der Waals surface area contributed by atoms with Crippen LogP contribution in [0.5, 0.6) is 11.5 Å². The molecule has 4 rings (SSSR count). The summed E-state index contributed by atoms with van der Waals surface area (Å²) in [5.41, 5.74) is 2.51. The molecule has 1 atom stereocenters. The van der Waals surface area contributed by atoms with Gasteiger partial charge in [-0.3, -0.25) is 0 Å². The Morgan fingerprint density at radius 2 is 1.81 bits per heavy atom. The number of aryl methyl sites for hydroxylation is 2. The summed E-state index contributed by atoms with van der Waals surface area (Å²) >= 11 is 1.70. The van der Waals surface area contributed by atoms with Crippen molar-refractivity contribution in [3.63, 3.8) is 0 Å². The van der Waals surface area contributed by atoms with E-state index in [0.29, 0.717) is 5.92 Å². The number of aromatic nitrogens is 2. The molecule has 2 aromatic heterocycles. The van der Waals surface area contributed by atoms with Crippen LogP contribution in [0.2, 0.25) is 0 Å². The first-order chi connectivity index (χ1) is 12.6. The Balaban J connectivity index is 1.67. The molecule has 0 bridgehead atoms. The van der Waals surface area contributed by atoms with Crippen molar-refractivity contribution < 1.29 is 9.47 Å². The predicted molar refractivity (Wildman–Crippen MR) is 106 cm³/mol. The van der Waals surface area contributed by atoms with Gasteiger partial charge in [-0.05, 0) is 48.9 Å². The van der Waals surface area contributed by atoms with Crippen molar-refractivity contribution >= 4 is 27.4 Å². The molecule has 136 valence electrons. The monoisotopic (exact) mass is 369 g/mol. The molecule has 0 spiro atoms. The minimum atomic E-state index is 0.434. The fourth-order valence-corrected chi connectivity index (χ4v) is 4.65. The first-order valence-corrected chi connectivity index (χ1v) is 9.67. The van der Waals surface area contributed by atoms with Gasteiger partial charge < -0.3 is 14.4 Å². The van der Waals surface area contributed by atoms with Gasteiger partial charge in [-0.2, -0.15) is 0 Å². The number of rotatable bonds is 4. The molecule has 0 N–H and O–H groups in total. The first kappa shape index (κ1) is 17.1. The fourth-order valence-electron chi connectivity index (χ4n) is 3.68. The van der Waals surface area contributed by atoms with E-state index in [2.05, 4.69) is 34.3 Å². The van der Waals surface area contributed by atoms with Crippen molar-refractivity contribution in [1.82, 2.24) is 9.97 Å². The molecule has 1 saturated heterocycles. The maximum atomic E-state index is 5.43. The molecule has 3 heterocycles. The van der Waals surface area contributed by atoms with Crippen molar-refractivity contribution in [3.8, 4) is 11.5 Å². The molecule has 3 aromatic rings. The molecule has 1 fully saturated rings. The number of anilines is 1. The first-order valence-electron chi connectivity index (χ1n) is 8.79. The molecular formula is C20H23N3O2S. The Bertz CT molecular complexity index is 931. The van der Waals surface area contributed by atoms with E-state index in [0.717, 1.165) is 47.5 Å². The van der Waals surface area contributed by atoms with Gasteiger partial charge >= 0.3 is 0 Å². The van der Waals surface area contributed by atoms with Crippen LogP contribution in [0.4, 0.5) is 5.82 Å². The van der Waals surface area contributed by atoms with Gasteiger partial charge in [-0.15, -0.1) is 11.3 Å². The third-order valence-electron chi connectivity index (χ3n) is 5.04. The minimum Gasteiger partial charge on any atom is -0.497 e. The highest BCUT2D eigenvalue weighted by atomic mass is 32.1. The minimum absolute atomic E-state index is 0.434. The smallest absolute Gasteiger partial charge is 0.141 e. The Hall–Kier alpha value is -2.34. The van der Waals surface area contributed by atoms with Crippen molar-refractivity contribution in [2.24, 2.45) is 0 Å². The van der Waals surface area contributed by atoms with Crippen LogP contribution in [-0.2, 0) is 0 Å². The Morgan fingerprint density at radius 3 is 2.50 bits per heavy atom. The van der Waals surface area contributed by atoms with Gasteiger partial charge in [0.05, 0.1) is 19.6 Å². The number of thiophene rings is 1. The highest BCUT2D eigenvalue weighted by Crippen LogP contribution is 2.38. The molecule has 6 heteroatoms. The van der Waals surface area contributed by atoms with Crippen LogP contribution in [0.3, 0.4) is 0 Å². The second-order valence-electron chi connectivity index (χ2n) is 6.77. The maximum absolute atomic E-state index is 5.43. The third-order valence-corrected chi connectivity index (χ3v) is 6.03. The van der Waals surface area contributed by atoms with Crippen LogP contribution >= 0.6 is 11.3 Å². The summed E-state index contributed by atoms with van der Waals surface area (Å²) < 4.78 is 10.9. The van der Waals surface area contributed by atoms with Crippen LogP contribution in [0, 0.1) is 13.8 Å². The van der Waals surface area contributed by atoms with E-state index < -0.39 is 0 Å². The molecular weight excluding hydrogens is 346 g/mol. The molecule has 26 heavy (non-hydrogen) atoms. The summed E-state index contributed by atoms with van der Waals surface area (Å²) in [7, 11) is 3.39. The van der Waals surface area contributed by atoms with Gasteiger partial charge in [0.2, 0.25) is 0 Å². The van der Waals surface area contributed by atoms with E-state index in [-0.39, 0.29) is 0 Å². The largest absolute Gasteiger partial charge is 0.497 e. The van der Waals surface area contributed by atoms with Gasteiger partial charge in [-0.25, -0.2) is 9.97 Å². The molecule has 0 amide bonds. The van der Waals surface area contributed by atoms with Crippen molar-refractivity contribution in [2.75, 3.05) is 32.2 Å². The Morgan fingerprint density at radius 1 is 1.08 bits per heavy atom.